The average molecular weight is 460 g/mol. The summed E-state index contributed by atoms with van der Waals surface area (Å²) in [6.45, 7) is 3.01. The zero-order chi connectivity index (χ0) is 22.4. The van der Waals surface area contributed by atoms with Gasteiger partial charge in [-0.25, -0.2) is 4.98 Å². The van der Waals surface area contributed by atoms with Gasteiger partial charge in [0.1, 0.15) is 0 Å². The maximum absolute atomic E-state index is 13.7. The van der Waals surface area contributed by atoms with Gasteiger partial charge in [-0.2, -0.15) is 0 Å². The van der Waals surface area contributed by atoms with E-state index in [0.29, 0.717) is 5.92 Å². The van der Waals surface area contributed by atoms with Crippen molar-refractivity contribution in [1.29, 1.82) is 0 Å². The molecule has 172 valence electrons. The number of imidazole rings is 1. The standard InChI is InChI=1S/C28H33N3OS/c1-19-18-33-28-29-25(17-30(19)28)12-6-11-23-14-24-13-21-9-5-10-22(21)15-26(24)31(27(23)32)16-20-7-3-2-4-8-20/h13-15,17-18,20H,2-12,16H2,1H3. The van der Waals surface area contributed by atoms with Crippen LogP contribution in [0.4, 0.5) is 0 Å². The van der Waals surface area contributed by atoms with Crippen molar-refractivity contribution in [2.75, 3.05) is 0 Å². The number of benzene rings is 1. The van der Waals surface area contributed by atoms with Crippen molar-refractivity contribution in [2.24, 2.45) is 5.92 Å². The third-order valence-corrected chi connectivity index (χ3v) is 8.82. The first-order chi connectivity index (χ1) is 16.2. The van der Waals surface area contributed by atoms with Crippen molar-refractivity contribution in [3.63, 3.8) is 0 Å². The van der Waals surface area contributed by atoms with E-state index in [1.54, 1.807) is 11.3 Å². The Balaban J connectivity index is 1.30. The highest BCUT2D eigenvalue weighted by atomic mass is 32.1. The first kappa shape index (κ1) is 21.2. The van der Waals surface area contributed by atoms with Crippen molar-refractivity contribution in [3.05, 3.63) is 68.2 Å². The summed E-state index contributed by atoms with van der Waals surface area (Å²) in [6.07, 6.45) is 14.9. The number of hydrogen-bond donors (Lipinski definition) is 0. The molecule has 0 amide bonds. The highest BCUT2D eigenvalue weighted by molar-refractivity contribution is 7.15. The third-order valence-electron chi connectivity index (χ3n) is 7.86. The lowest BCUT2D eigenvalue weighted by Gasteiger charge is -2.24. The minimum absolute atomic E-state index is 0.243. The van der Waals surface area contributed by atoms with Gasteiger partial charge in [-0.15, -0.1) is 11.3 Å². The van der Waals surface area contributed by atoms with E-state index in [2.05, 4.69) is 45.7 Å². The molecular formula is C28H33N3OS. The predicted octanol–water partition coefficient (Wildman–Crippen LogP) is 6.26. The molecule has 1 fully saturated rings. The van der Waals surface area contributed by atoms with Crippen molar-refractivity contribution >= 4 is 27.2 Å². The lowest BCUT2D eigenvalue weighted by Crippen LogP contribution is -2.28. The van der Waals surface area contributed by atoms with Gasteiger partial charge in [0, 0.05) is 29.4 Å². The number of hydrogen-bond acceptors (Lipinski definition) is 3. The largest absolute Gasteiger partial charge is 0.308 e. The molecule has 4 nitrogen and oxygen atoms in total. The van der Waals surface area contributed by atoms with E-state index in [4.69, 9.17) is 4.98 Å². The van der Waals surface area contributed by atoms with Crippen molar-refractivity contribution in [2.45, 2.75) is 84.1 Å². The SMILES string of the molecule is Cc1csc2nc(CCCc3cc4cc5c(cc4n(CC4CCCCC4)c3=O)CCC5)cn12. The number of fused-ring (bicyclic) bond motifs is 3. The molecule has 1 aromatic carbocycles. The van der Waals surface area contributed by atoms with Crippen LogP contribution in [0.1, 0.15) is 73.0 Å². The first-order valence-corrected chi connectivity index (χ1v) is 13.6. The Morgan fingerprint density at radius 2 is 1.85 bits per heavy atom. The zero-order valence-corrected chi connectivity index (χ0v) is 20.4. The Kier molecular flexibility index (Phi) is 5.61. The molecule has 3 heterocycles. The van der Waals surface area contributed by atoms with Crippen molar-refractivity contribution < 1.29 is 0 Å². The molecule has 0 unspecified atom stereocenters. The van der Waals surface area contributed by atoms with E-state index in [-0.39, 0.29) is 5.56 Å². The molecule has 0 aliphatic heterocycles. The van der Waals surface area contributed by atoms with E-state index >= 15 is 0 Å². The van der Waals surface area contributed by atoms with Gasteiger partial charge in [-0.3, -0.25) is 9.20 Å². The fourth-order valence-electron chi connectivity index (χ4n) is 6.02. The molecule has 4 aromatic rings. The summed E-state index contributed by atoms with van der Waals surface area (Å²) in [5.41, 5.74) is 7.71. The van der Waals surface area contributed by atoms with E-state index in [0.717, 1.165) is 48.4 Å². The fraction of sp³-hybridized carbons (Fsp3) is 0.500. The summed E-state index contributed by atoms with van der Waals surface area (Å²) in [6, 6.07) is 6.92. The van der Waals surface area contributed by atoms with Gasteiger partial charge in [0.15, 0.2) is 4.96 Å². The second-order valence-electron chi connectivity index (χ2n) is 10.2. The first-order valence-electron chi connectivity index (χ1n) is 12.8. The van der Waals surface area contributed by atoms with Crippen LogP contribution >= 0.6 is 11.3 Å². The van der Waals surface area contributed by atoms with Gasteiger partial charge in [0.2, 0.25) is 0 Å². The molecule has 0 spiro atoms. The number of rotatable bonds is 6. The molecule has 0 radical (unpaired) electrons. The fourth-order valence-corrected chi connectivity index (χ4v) is 6.89. The highest BCUT2D eigenvalue weighted by Crippen LogP contribution is 2.30. The van der Waals surface area contributed by atoms with Gasteiger partial charge < -0.3 is 4.57 Å². The molecule has 2 aliphatic carbocycles. The van der Waals surface area contributed by atoms with Crippen LogP contribution < -0.4 is 5.56 Å². The number of aryl methyl sites for hydroxylation is 5. The second-order valence-corrected chi connectivity index (χ2v) is 11.1. The Hall–Kier alpha value is -2.40. The summed E-state index contributed by atoms with van der Waals surface area (Å²) < 4.78 is 4.32. The summed E-state index contributed by atoms with van der Waals surface area (Å²) in [7, 11) is 0. The molecule has 0 N–H and O–H groups in total. The highest BCUT2D eigenvalue weighted by Gasteiger charge is 2.20. The molecule has 3 aromatic heterocycles. The van der Waals surface area contributed by atoms with E-state index < -0.39 is 0 Å². The minimum Gasteiger partial charge on any atom is -0.308 e. The van der Waals surface area contributed by atoms with Crippen LogP contribution in [0.5, 0.6) is 0 Å². The van der Waals surface area contributed by atoms with E-state index in [1.165, 1.54) is 72.7 Å². The van der Waals surface area contributed by atoms with Gasteiger partial charge in [-0.1, -0.05) is 19.3 Å². The molecule has 2 aliphatic rings. The number of thiazole rings is 1. The van der Waals surface area contributed by atoms with Crippen LogP contribution in [0.15, 0.2) is 34.6 Å². The quantitative estimate of drug-likeness (QED) is 0.341. The average Bonchev–Trinajstić information content (AvgIpc) is 3.53. The topological polar surface area (TPSA) is 39.3 Å². The molecule has 5 heteroatoms. The normalized spacial score (nSPS) is 16.8. The Morgan fingerprint density at radius 3 is 2.67 bits per heavy atom. The second kappa shape index (κ2) is 8.75. The van der Waals surface area contributed by atoms with E-state index in [9.17, 15) is 4.79 Å². The third kappa shape index (κ3) is 4.05. The molecule has 0 bridgehead atoms. The molecular weight excluding hydrogens is 426 g/mol. The lowest BCUT2D eigenvalue weighted by molar-refractivity contribution is 0.319. The smallest absolute Gasteiger partial charge is 0.254 e. The molecule has 6 rings (SSSR count). The van der Waals surface area contributed by atoms with Crippen LogP contribution in [0.3, 0.4) is 0 Å². The van der Waals surface area contributed by atoms with Crippen molar-refractivity contribution in [1.82, 2.24) is 14.0 Å². The van der Waals surface area contributed by atoms with Gasteiger partial charge >= 0.3 is 0 Å². The summed E-state index contributed by atoms with van der Waals surface area (Å²) in [4.78, 5) is 19.5. The molecule has 0 saturated heterocycles. The maximum Gasteiger partial charge on any atom is 0.254 e. The van der Waals surface area contributed by atoms with Crippen LogP contribution in [0.2, 0.25) is 0 Å². The lowest BCUT2D eigenvalue weighted by atomic mass is 9.89. The van der Waals surface area contributed by atoms with Gasteiger partial charge in [0.05, 0.1) is 11.2 Å². The zero-order valence-electron chi connectivity index (χ0n) is 19.6. The molecule has 0 atom stereocenters. The minimum atomic E-state index is 0.243. The van der Waals surface area contributed by atoms with Gasteiger partial charge in [-0.05, 0) is 98.9 Å². The number of aromatic nitrogens is 3. The van der Waals surface area contributed by atoms with Crippen molar-refractivity contribution in [3.8, 4) is 0 Å². The number of pyridine rings is 1. The van der Waals surface area contributed by atoms with E-state index in [1.807, 2.05) is 0 Å². The van der Waals surface area contributed by atoms with Crippen LogP contribution in [-0.2, 0) is 32.2 Å². The predicted molar refractivity (Wildman–Crippen MR) is 137 cm³/mol. The van der Waals surface area contributed by atoms with Crippen LogP contribution in [0.25, 0.3) is 15.9 Å². The number of nitrogens with zero attached hydrogens (tertiary/aromatic N) is 3. The maximum atomic E-state index is 13.7. The Labute approximate surface area is 199 Å². The molecule has 33 heavy (non-hydrogen) atoms. The summed E-state index contributed by atoms with van der Waals surface area (Å²) in [5, 5.41) is 3.41. The molecule has 1 saturated carbocycles. The van der Waals surface area contributed by atoms with Crippen LogP contribution in [-0.4, -0.2) is 14.0 Å². The Morgan fingerprint density at radius 1 is 1.03 bits per heavy atom. The summed E-state index contributed by atoms with van der Waals surface area (Å²) in [5.74, 6) is 0.643. The van der Waals surface area contributed by atoms with Gasteiger partial charge in [0.25, 0.3) is 5.56 Å². The summed E-state index contributed by atoms with van der Waals surface area (Å²) >= 11 is 1.70. The monoisotopic (exact) mass is 459 g/mol. The van der Waals surface area contributed by atoms with Crippen LogP contribution in [0, 0.1) is 12.8 Å². The Bertz CT molecular complexity index is 1370.